The first-order valence-corrected chi connectivity index (χ1v) is 7.20. The minimum atomic E-state index is -0.704. The van der Waals surface area contributed by atoms with E-state index in [9.17, 15) is 19.7 Å². The Morgan fingerprint density at radius 2 is 1.96 bits per heavy atom. The third kappa shape index (κ3) is 3.70. The van der Waals surface area contributed by atoms with Gasteiger partial charge in [0.25, 0.3) is 0 Å². The molecule has 24 heavy (non-hydrogen) atoms. The summed E-state index contributed by atoms with van der Waals surface area (Å²) in [6.07, 6.45) is 0.672. The molecule has 8 nitrogen and oxygen atoms in total. The smallest absolute Gasteiger partial charge is 0.419 e. The zero-order chi connectivity index (χ0) is 18.1. The number of rotatable bonds is 3. The quantitative estimate of drug-likeness (QED) is 0.486. The maximum absolute atomic E-state index is 12.3. The van der Waals surface area contributed by atoms with Crippen molar-refractivity contribution in [1.82, 2.24) is 4.57 Å². The minimum Gasteiger partial charge on any atom is -0.465 e. The number of hydrogen-bond donors (Lipinski definition) is 0. The molecule has 1 aromatic carbocycles. The zero-order valence-electron chi connectivity index (χ0n) is 13.9. The highest BCUT2D eigenvalue weighted by molar-refractivity contribution is 6.06. The summed E-state index contributed by atoms with van der Waals surface area (Å²) in [5.41, 5.74) is 0.268. The van der Waals surface area contributed by atoms with Crippen LogP contribution in [-0.2, 0) is 16.0 Å². The lowest BCUT2D eigenvalue weighted by Crippen LogP contribution is -2.26. The van der Waals surface area contributed by atoms with Crippen LogP contribution in [0, 0.1) is 10.1 Å². The molecule has 0 amide bonds. The van der Waals surface area contributed by atoms with Crippen LogP contribution in [0.2, 0.25) is 0 Å². The molecule has 0 unspecified atom stereocenters. The lowest BCUT2D eigenvalue weighted by molar-refractivity contribution is -0.496. The highest BCUT2D eigenvalue weighted by Gasteiger charge is 2.23. The third-order valence-electron chi connectivity index (χ3n) is 3.18. The summed E-state index contributed by atoms with van der Waals surface area (Å²) in [5.74, 6) is -0.638. The number of aromatic nitrogens is 1. The fourth-order valence-corrected chi connectivity index (χ4v) is 2.26. The third-order valence-corrected chi connectivity index (χ3v) is 3.18. The molecule has 2 aromatic rings. The molecule has 2 rings (SSSR count). The molecule has 128 valence electrons. The summed E-state index contributed by atoms with van der Waals surface area (Å²) in [6.45, 7) is 4.81. The summed E-state index contributed by atoms with van der Waals surface area (Å²) in [5, 5.41) is 11.1. The highest BCUT2D eigenvalue weighted by atomic mass is 16.6. The van der Waals surface area contributed by atoms with Crippen molar-refractivity contribution in [2.24, 2.45) is 0 Å². The Morgan fingerprint density at radius 1 is 1.29 bits per heavy atom. The first-order valence-electron chi connectivity index (χ1n) is 7.20. The van der Waals surface area contributed by atoms with Crippen LogP contribution < -0.4 is 0 Å². The van der Waals surface area contributed by atoms with E-state index in [4.69, 9.17) is 9.47 Å². The maximum atomic E-state index is 12.3. The largest absolute Gasteiger partial charge is 0.465 e. The van der Waals surface area contributed by atoms with Gasteiger partial charge in [-0.05, 0) is 32.9 Å². The predicted molar refractivity (Wildman–Crippen MR) is 85.6 cm³/mol. The molecular weight excluding hydrogens is 316 g/mol. The number of carbonyl (C=O) groups excluding carboxylic acids is 2. The topological polar surface area (TPSA) is 101 Å². The molecule has 0 saturated carbocycles. The van der Waals surface area contributed by atoms with Gasteiger partial charge in [0.2, 0.25) is 6.54 Å². The van der Waals surface area contributed by atoms with E-state index in [0.29, 0.717) is 16.5 Å². The Kier molecular flexibility index (Phi) is 4.59. The van der Waals surface area contributed by atoms with Gasteiger partial charge in [-0.3, -0.25) is 14.7 Å². The average Bonchev–Trinajstić information content (AvgIpc) is 2.83. The molecule has 0 aliphatic rings. The van der Waals surface area contributed by atoms with Crippen LogP contribution in [0.15, 0.2) is 24.4 Å². The van der Waals surface area contributed by atoms with Crippen LogP contribution in [0.4, 0.5) is 4.79 Å². The van der Waals surface area contributed by atoms with Gasteiger partial charge in [-0.1, -0.05) is 6.07 Å². The van der Waals surface area contributed by atoms with Gasteiger partial charge in [-0.15, -0.1) is 0 Å². The van der Waals surface area contributed by atoms with Crippen molar-refractivity contribution in [2.45, 2.75) is 32.9 Å². The number of carbonyl (C=O) groups is 2. The molecule has 0 atom stereocenters. The number of nitrogens with zero attached hydrogens (tertiary/aromatic N) is 2. The molecule has 0 aliphatic carbocycles. The lowest BCUT2D eigenvalue weighted by Gasteiger charge is -2.19. The van der Waals surface area contributed by atoms with Crippen LogP contribution in [0.5, 0.6) is 0 Å². The Balaban J connectivity index is 2.59. The number of benzene rings is 1. The molecule has 0 bridgehead atoms. The van der Waals surface area contributed by atoms with Crippen molar-refractivity contribution < 1.29 is 24.0 Å². The Hall–Kier alpha value is -2.90. The summed E-state index contributed by atoms with van der Waals surface area (Å²) in [4.78, 5) is 34.5. The zero-order valence-corrected chi connectivity index (χ0v) is 13.9. The van der Waals surface area contributed by atoms with Crippen LogP contribution >= 0.6 is 0 Å². The van der Waals surface area contributed by atoms with Crippen molar-refractivity contribution in [1.29, 1.82) is 0 Å². The molecule has 1 heterocycles. The Labute approximate surface area is 138 Å². The number of fused-ring (bicyclic) bond motifs is 1. The SMILES string of the molecule is COC(=O)c1cn(C(=O)OC(C)(C)C)c2ccc(C[N+](=O)[O-])cc12. The molecule has 0 N–H and O–H groups in total. The van der Waals surface area contributed by atoms with Crippen LogP contribution in [0.3, 0.4) is 0 Å². The Bertz CT molecular complexity index is 816. The lowest BCUT2D eigenvalue weighted by atomic mass is 10.1. The van der Waals surface area contributed by atoms with E-state index < -0.39 is 22.6 Å². The first-order chi connectivity index (χ1) is 11.1. The molecule has 0 spiro atoms. The minimum absolute atomic E-state index is 0.142. The molecule has 0 radical (unpaired) electrons. The monoisotopic (exact) mass is 334 g/mol. The number of ether oxygens (including phenoxy) is 2. The summed E-state index contributed by atoms with van der Waals surface area (Å²) in [7, 11) is 1.22. The van der Waals surface area contributed by atoms with E-state index in [1.165, 1.54) is 30.0 Å². The highest BCUT2D eigenvalue weighted by Crippen LogP contribution is 2.25. The van der Waals surface area contributed by atoms with Gasteiger partial charge in [-0.2, -0.15) is 0 Å². The maximum Gasteiger partial charge on any atom is 0.419 e. The van der Waals surface area contributed by atoms with Gasteiger partial charge >= 0.3 is 12.1 Å². The van der Waals surface area contributed by atoms with Gasteiger partial charge in [0, 0.05) is 22.1 Å². The van der Waals surface area contributed by atoms with Crippen molar-refractivity contribution in [3.05, 3.63) is 45.6 Å². The number of hydrogen-bond acceptors (Lipinski definition) is 6. The van der Waals surface area contributed by atoms with Crippen LogP contribution in [0.1, 0.15) is 36.7 Å². The fourth-order valence-electron chi connectivity index (χ4n) is 2.26. The van der Waals surface area contributed by atoms with Crippen LogP contribution in [0.25, 0.3) is 10.9 Å². The summed E-state index contributed by atoms with van der Waals surface area (Å²) < 4.78 is 11.2. The Morgan fingerprint density at radius 3 is 2.50 bits per heavy atom. The fraction of sp³-hybridized carbons (Fsp3) is 0.375. The second-order valence-electron chi connectivity index (χ2n) is 6.23. The normalized spacial score (nSPS) is 11.3. The van der Waals surface area contributed by atoms with E-state index >= 15 is 0 Å². The number of nitro groups is 1. The second kappa shape index (κ2) is 6.31. The van der Waals surface area contributed by atoms with E-state index in [1.54, 1.807) is 26.8 Å². The van der Waals surface area contributed by atoms with Crippen molar-refractivity contribution >= 4 is 23.0 Å². The van der Waals surface area contributed by atoms with Gasteiger partial charge in [-0.25, -0.2) is 9.59 Å². The van der Waals surface area contributed by atoms with E-state index in [1.807, 2.05) is 0 Å². The van der Waals surface area contributed by atoms with Gasteiger partial charge < -0.3 is 9.47 Å². The molecular formula is C16H18N2O6. The predicted octanol–water partition coefficient (Wildman–Crippen LogP) is 2.99. The number of esters is 1. The molecule has 1 aromatic heterocycles. The molecule has 8 heteroatoms. The average molecular weight is 334 g/mol. The van der Waals surface area contributed by atoms with Crippen molar-refractivity contribution in [3.63, 3.8) is 0 Å². The number of methoxy groups -OCH3 is 1. The summed E-state index contributed by atoms with van der Waals surface area (Å²) >= 11 is 0. The van der Waals surface area contributed by atoms with E-state index in [0.717, 1.165) is 0 Å². The summed E-state index contributed by atoms with van der Waals surface area (Å²) in [6, 6.07) is 4.59. The van der Waals surface area contributed by atoms with Gasteiger partial charge in [0.1, 0.15) is 5.60 Å². The van der Waals surface area contributed by atoms with Crippen LogP contribution in [-0.4, -0.2) is 34.3 Å². The van der Waals surface area contributed by atoms with Crippen molar-refractivity contribution in [3.8, 4) is 0 Å². The first kappa shape index (κ1) is 17.5. The standard InChI is InChI=1S/C16H18N2O6/c1-16(2,3)24-15(20)17-9-12(14(19)23-4)11-7-10(8-18(21)22)5-6-13(11)17/h5-7,9H,8H2,1-4H3. The molecule has 0 saturated heterocycles. The molecule has 0 aliphatic heterocycles. The van der Waals surface area contributed by atoms with E-state index in [-0.39, 0.29) is 12.1 Å². The van der Waals surface area contributed by atoms with Crippen molar-refractivity contribution in [2.75, 3.05) is 7.11 Å². The molecule has 0 fully saturated rings. The van der Waals surface area contributed by atoms with Gasteiger partial charge in [0.15, 0.2) is 0 Å². The van der Waals surface area contributed by atoms with Gasteiger partial charge in [0.05, 0.1) is 18.2 Å². The van der Waals surface area contributed by atoms with E-state index in [2.05, 4.69) is 0 Å². The second-order valence-corrected chi connectivity index (χ2v) is 6.23.